The summed E-state index contributed by atoms with van der Waals surface area (Å²) in [6, 6.07) is 2.01. The zero-order valence-corrected chi connectivity index (χ0v) is 9.46. The number of nitrogens with one attached hydrogen (secondary N) is 1. The van der Waals surface area contributed by atoms with Crippen molar-refractivity contribution in [1.82, 2.24) is 15.3 Å². The van der Waals surface area contributed by atoms with Gasteiger partial charge in [0.15, 0.2) is 0 Å². The van der Waals surface area contributed by atoms with Crippen LogP contribution >= 0.6 is 0 Å². The van der Waals surface area contributed by atoms with Crippen LogP contribution < -0.4 is 5.32 Å². The van der Waals surface area contributed by atoms with Crippen molar-refractivity contribution in [3.8, 4) is 0 Å². The highest BCUT2D eigenvalue weighted by Crippen LogP contribution is 2.15. The maximum absolute atomic E-state index is 4.47. The summed E-state index contributed by atoms with van der Waals surface area (Å²) in [5.41, 5.74) is 2.11. The summed E-state index contributed by atoms with van der Waals surface area (Å²) < 4.78 is 0. The molecule has 3 nitrogen and oxygen atoms in total. The molecule has 1 aromatic rings. The van der Waals surface area contributed by atoms with E-state index in [1.54, 1.807) is 0 Å². The summed E-state index contributed by atoms with van der Waals surface area (Å²) in [7, 11) is 1.96. The fourth-order valence-electron chi connectivity index (χ4n) is 1.60. The molecule has 1 aromatic heterocycles. The molecule has 1 atom stereocenters. The van der Waals surface area contributed by atoms with Gasteiger partial charge in [0.05, 0.1) is 0 Å². The molecule has 1 rings (SSSR count). The minimum absolute atomic E-state index is 0.429. The van der Waals surface area contributed by atoms with Gasteiger partial charge >= 0.3 is 0 Å². The van der Waals surface area contributed by atoms with Gasteiger partial charge in [0.2, 0.25) is 0 Å². The first-order chi connectivity index (χ1) is 6.67. The smallest absolute Gasteiger partial charge is 0.133 e. The van der Waals surface area contributed by atoms with Crippen LogP contribution in [0.5, 0.6) is 0 Å². The van der Waals surface area contributed by atoms with Crippen molar-refractivity contribution in [3.05, 3.63) is 23.3 Å². The van der Waals surface area contributed by atoms with Gasteiger partial charge in [0, 0.05) is 23.9 Å². The minimum atomic E-state index is 0.429. The molecule has 0 bridgehead atoms. The summed E-state index contributed by atoms with van der Waals surface area (Å²) in [5, 5.41) is 3.18. The number of aryl methyl sites for hydroxylation is 2. The van der Waals surface area contributed by atoms with E-state index < -0.39 is 0 Å². The van der Waals surface area contributed by atoms with Crippen LogP contribution in [0.25, 0.3) is 0 Å². The maximum Gasteiger partial charge on any atom is 0.133 e. The normalized spacial score (nSPS) is 12.9. The molecule has 0 fully saturated rings. The lowest BCUT2D eigenvalue weighted by Crippen LogP contribution is -2.19. The van der Waals surface area contributed by atoms with Crippen LogP contribution in [-0.4, -0.2) is 23.6 Å². The first kappa shape index (κ1) is 11.1. The van der Waals surface area contributed by atoms with E-state index in [0.717, 1.165) is 30.2 Å². The molecule has 1 heterocycles. The highest BCUT2D eigenvalue weighted by Gasteiger charge is 2.11. The Bertz CT molecular complexity index is 276. The molecule has 1 unspecified atom stereocenters. The van der Waals surface area contributed by atoms with Crippen molar-refractivity contribution < 1.29 is 0 Å². The highest BCUT2D eigenvalue weighted by molar-refractivity contribution is 5.11. The summed E-state index contributed by atoms with van der Waals surface area (Å²) >= 11 is 0. The molecular weight excluding hydrogens is 174 g/mol. The van der Waals surface area contributed by atoms with E-state index in [1.807, 2.05) is 27.0 Å². The fraction of sp³-hybridized carbons (Fsp3) is 0.636. The summed E-state index contributed by atoms with van der Waals surface area (Å²) in [6.07, 6.45) is 1.07. The maximum atomic E-state index is 4.47. The largest absolute Gasteiger partial charge is 0.319 e. The van der Waals surface area contributed by atoms with E-state index in [4.69, 9.17) is 0 Å². The Kier molecular flexibility index (Phi) is 4.01. The van der Waals surface area contributed by atoms with Crippen molar-refractivity contribution in [2.45, 2.75) is 33.1 Å². The first-order valence-electron chi connectivity index (χ1n) is 5.14. The predicted molar refractivity (Wildman–Crippen MR) is 58.5 cm³/mol. The molecule has 3 heteroatoms. The Morgan fingerprint density at radius 3 is 2.29 bits per heavy atom. The van der Waals surface area contributed by atoms with E-state index in [0.29, 0.717) is 5.92 Å². The predicted octanol–water partition coefficient (Wildman–Crippen LogP) is 1.81. The van der Waals surface area contributed by atoms with Gasteiger partial charge in [-0.05, 0) is 33.4 Å². The second-order valence-corrected chi connectivity index (χ2v) is 3.67. The van der Waals surface area contributed by atoms with Crippen molar-refractivity contribution in [1.29, 1.82) is 0 Å². The van der Waals surface area contributed by atoms with Crippen LogP contribution in [0.4, 0.5) is 0 Å². The number of likely N-dealkylation sites (N-methyl/N-ethyl adjacent to an activating group) is 1. The van der Waals surface area contributed by atoms with Crippen molar-refractivity contribution in [2.75, 3.05) is 13.6 Å². The van der Waals surface area contributed by atoms with Crippen molar-refractivity contribution in [2.24, 2.45) is 0 Å². The Morgan fingerprint density at radius 2 is 1.86 bits per heavy atom. The zero-order valence-electron chi connectivity index (χ0n) is 9.46. The van der Waals surface area contributed by atoms with E-state index in [9.17, 15) is 0 Å². The third-order valence-corrected chi connectivity index (χ3v) is 2.31. The van der Waals surface area contributed by atoms with Gasteiger partial charge in [-0.1, -0.05) is 6.92 Å². The third kappa shape index (κ3) is 2.77. The summed E-state index contributed by atoms with van der Waals surface area (Å²) in [5.74, 6) is 1.40. The molecule has 14 heavy (non-hydrogen) atoms. The number of hydrogen-bond acceptors (Lipinski definition) is 3. The average Bonchev–Trinajstić information content (AvgIpc) is 2.12. The SMILES string of the molecule is CCC(CNC)c1nc(C)cc(C)n1. The molecule has 0 aromatic carbocycles. The van der Waals surface area contributed by atoms with Gasteiger partial charge < -0.3 is 5.32 Å². The number of rotatable bonds is 4. The molecule has 0 spiro atoms. The van der Waals surface area contributed by atoms with Crippen LogP contribution in [-0.2, 0) is 0 Å². The Morgan fingerprint density at radius 1 is 1.29 bits per heavy atom. The molecule has 0 radical (unpaired) electrons. The van der Waals surface area contributed by atoms with Gasteiger partial charge in [0.25, 0.3) is 0 Å². The average molecular weight is 193 g/mol. The second kappa shape index (κ2) is 5.05. The molecule has 0 amide bonds. The molecule has 0 aliphatic carbocycles. The van der Waals surface area contributed by atoms with E-state index in [2.05, 4.69) is 22.2 Å². The van der Waals surface area contributed by atoms with Crippen LogP contribution in [0, 0.1) is 13.8 Å². The quantitative estimate of drug-likeness (QED) is 0.792. The molecule has 0 aliphatic heterocycles. The van der Waals surface area contributed by atoms with E-state index in [1.165, 1.54) is 0 Å². The molecule has 1 N–H and O–H groups in total. The summed E-state index contributed by atoms with van der Waals surface area (Å²) in [6.45, 7) is 7.15. The Labute approximate surface area is 86.0 Å². The van der Waals surface area contributed by atoms with Crippen LogP contribution in [0.1, 0.15) is 36.5 Å². The van der Waals surface area contributed by atoms with Crippen LogP contribution in [0.3, 0.4) is 0 Å². The lowest BCUT2D eigenvalue weighted by molar-refractivity contribution is 0.576. The minimum Gasteiger partial charge on any atom is -0.319 e. The topological polar surface area (TPSA) is 37.8 Å². The lowest BCUT2D eigenvalue weighted by Gasteiger charge is -2.13. The molecule has 0 aliphatic rings. The monoisotopic (exact) mass is 193 g/mol. The number of hydrogen-bond donors (Lipinski definition) is 1. The number of nitrogens with zero attached hydrogens (tertiary/aromatic N) is 2. The highest BCUT2D eigenvalue weighted by atomic mass is 14.9. The van der Waals surface area contributed by atoms with Gasteiger partial charge in [-0.25, -0.2) is 9.97 Å². The lowest BCUT2D eigenvalue weighted by atomic mass is 10.1. The Balaban J connectivity index is 2.91. The Hall–Kier alpha value is -0.960. The van der Waals surface area contributed by atoms with Gasteiger partial charge in [-0.2, -0.15) is 0 Å². The molecular formula is C11H19N3. The van der Waals surface area contributed by atoms with Crippen LogP contribution in [0.15, 0.2) is 6.07 Å². The van der Waals surface area contributed by atoms with Crippen molar-refractivity contribution in [3.63, 3.8) is 0 Å². The van der Waals surface area contributed by atoms with Gasteiger partial charge in [-0.3, -0.25) is 0 Å². The molecule has 0 saturated carbocycles. The summed E-state index contributed by atoms with van der Waals surface area (Å²) in [4.78, 5) is 8.95. The van der Waals surface area contributed by atoms with Crippen LogP contribution in [0.2, 0.25) is 0 Å². The van der Waals surface area contributed by atoms with Gasteiger partial charge in [0.1, 0.15) is 5.82 Å². The fourth-order valence-corrected chi connectivity index (χ4v) is 1.60. The second-order valence-electron chi connectivity index (χ2n) is 3.67. The number of aromatic nitrogens is 2. The third-order valence-electron chi connectivity index (χ3n) is 2.31. The molecule has 78 valence electrons. The zero-order chi connectivity index (χ0) is 10.6. The first-order valence-corrected chi connectivity index (χ1v) is 5.14. The van der Waals surface area contributed by atoms with Crippen molar-refractivity contribution >= 4 is 0 Å². The van der Waals surface area contributed by atoms with Gasteiger partial charge in [-0.15, -0.1) is 0 Å². The van der Waals surface area contributed by atoms with E-state index >= 15 is 0 Å². The molecule has 0 saturated heterocycles. The standard InChI is InChI=1S/C11H19N3/c1-5-10(7-12-4)11-13-8(2)6-9(3)14-11/h6,10,12H,5,7H2,1-4H3. The van der Waals surface area contributed by atoms with E-state index in [-0.39, 0.29) is 0 Å².